The number of anilines is 1. The molecule has 10 heteroatoms. The van der Waals surface area contributed by atoms with Crippen molar-refractivity contribution in [3.8, 4) is 0 Å². The van der Waals surface area contributed by atoms with Crippen molar-refractivity contribution in [1.29, 1.82) is 0 Å². The molecule has 0 atom stereocenters. The number of hydrogen-bond acceptors (Lipinski definition) is 3. The van der Waals surface area contributed by atoms with Crippen molar-refractivity contribution in [2.75, 3.05) is 5.32 Å². The first-order valence-corrected chi connectivity index (χ1v) is 4.35. The maximum absolute atomic E-state index is 12.4. The Bertz CT molecular complexity index is 445. The average Bonchev–Trinajstić information content (AvgIpc) is 2.28. The summed E-state index contributed by atoms with van der Waals surface area (Å²) in [6.45, 7) is 0. The minimum Gasteiger partial charge on any atom is -0.291 e. The smallest absolute Gasteiger partial charge is 0.291 e. The summed E-state index contributed by atoms with van der Waals surface area (Å²) in [5, 5.41) is 1.97. The van der Waals surface area contributed by atoms with Crippen molar-refractivity contribution in [1.82, 2.24) is 15.8 Å². The van der Waals surface area contributed by atoms with E-state index in [-0.39, 0.29) is 5.82 Å². The van der Waals surface area contributed by atoms with Gasteiger partial charge in [-0.15, -0.1) is 0 Å². The van der Waals surface area contributed by atoms with Gasteiger partial charge in [-0.3, -0.25) is 15.5 Å². The first-order chi connectivity index (χ1) is 8.29. The van der Waals surface area contributed by atoms with E-state index in [2.05, 4.69) is 4.98 Å². The molecule has 0 aliphatic heterocycles. The van der Waals surface area contributed by atoms with Crippen molar-refractivity contribution in [2.24, 2.45) is 0 Å². The van der Waals surface area contributed by atoms with Gasteiger partial charge in [0.05, 0.1) is 6.20 Å². The largest absolute Gasteiger partial charge is 0.472 e. The molecular weight excluding hydrogens is 260 g/mol. The molecule has 98 valence electrons. The molecule has 1 aromatic rings. The van der Waals surface area contributed by atoms with Crippen molar-refractivity contribution >= 4 is 17.8 Å². The van der Waals surface area contributed by atoms with Crippen LogP contribution in [0.4, 0.5) is 28.2 Å². The third-order valence-corrected chi connectivity index (χ3v) is 1.52. The van der Waals surface area contributed by atoms with E-state index in [9.17, 15) is 27.2 Å². The van der Waals surface area contributed by atoms with Gasteiger partial charge in [-0.05, 0) is 12.1 Å². The van der Waals surface area contributed by atoms with Gasteiger partial charge in [-0.25, -0.2) is 19.6 Å². The first kappa shape index (κ1) is 13.7. The van der Waals surface area contributed by atoms with E-state index in [1.165, 1.54) is 5.43 Å². The minimum atomic E-state index is -5.11. The molecule has 1 rings (SSSR count). The summed E-state index contributed by atoms with van der Waals surface area (Å²) >= 11 is 0. The molecule has 0 saturated heterocycles. The number of hydrazine groups is 1. The lowest BCUT2D eigenvalue weighted by molar-refractivity contribution is -0.174. The number of nitrogens with zero attached hydrogens (tertiary/aromatic N) is 1. The molecule has 0 radical (unpaired) electrons. The molecule has 0 aromatic carbocycles. The zero-order chi connectivity index (χ0) is 13.8. The second-order valence-electron chi connectivity index (χ2n) is 2.89. The lowest BCUT2D eigenvalue weighted by Gasteiger charge is -2.09. The number of rotatable bonds is 1. The van der Waals surface area contributed by atoms with Crippen molar-refractivity contribution in [2.45, 2.75) is 6.18 Å². The van der Waals surface area contributed by atoms with Crippen LogP contribution in [0.5, 0.6) is 0 Å². The minimum absolute atomic E-state index is 0.102. The van der Waals surface area contributed by atoms with E-state index in [4.69, 9.17) is 0 Å². The van der Waals surface area contributed by atoms with Gasteiger partial charge in [0.2, 0.25) is 0 Å². The van der Waals surface area contributed by atoms with Crippen LogP contribution in [0.15, 0.2) is 18.3 Å². The Hall–Kier alpha value is -2.39. The number of urea groups is 1. The quantitative estimate of drug-likeness (QED) is 0.522. The molecule has 1 aromatic heterocycles. The Morgan fingerprint density at radius 1 is 1.17 bits per heavy atom. The number of amides is 3. The van der Waals surface area contributed by atoms with Crippen LogP contribution in [-0.4, -0.2) is 23.1 Å². The Morgan fingerprint density at radius 3 is 2.33 bits per heavy atom. The number of halogens is 4. The van der Waals surface area contributed by atoms with E-state index >= 15 is 0 Å². The summed E-state index contributed by atoms with van der Waals surface area (Å²) in [6.07, 6.45) is -4.31. The third kappa shape index (κ3) is 4.23. The zero-order valence-electron chi connectivity index (χ0n) is 8.51. The van der Waals surface area contributed by atoms with Gasteiger partial charge in [-0.1, -0.05) is 0 Å². The summed E-state index contributed by atoms with van der Waals surface area (Å²) in [5.74, 6) is -3.08. The molecule has 0 spiro atoms. The number of aromatic nitrogens is 1. The normalized spacial score (nSPS) is 10.7. The number of pyridine rings is 1. The van der Waals surface area contributed by atoms with E-state index < -0.39 is 23.9 Å². The number of alkyl halides is 3. The van der Waals surface area contributed by atoms with Gasteiger partial charge in [0, 0.05) is 0 Å². The lowest BCUT2D eigenvalue weighted by atomic mass is 10.4. The van der Waals surface area contributed by atoms with E-state index in [0.717, 1.165) is 23.8 Å². The predicted octanol–water partition coefficient (Wildman–Crippen LogP) is 0.936. The Kier molecular flexibility index (Phi) is 4.02. The number of nitrogens with one attached hydrogen (secondary N) is 3. The molecule has 0 saturated carbocycles. The van der Waals surface area contributed by atoms with Gasteiger partial charge in [0.15, 0.2) is 0 Å². The highest BCUT2D eigenvalue weighted by molar-refractivity contribution is 5.90. The fourth-order valence-corrected chi connectivity index (χ4v) is 0.782. The molecular formula is C8H6F4N4O2. The van der Waals surface area contributed by atoms with Crippen LogP contribution in [0.3, 0.4) is 0 Å². The first-order valence-electron chi connectivity index (χ1n) is 4.35. The van der Waals surface area contributed by atoms with Crippen LogP contribution in [-0.2, 0) is 4.79 Å². The molecule has 3 amide bonds. The highest BCUT2D eigenvalue weighted by atomic mass is 19.4. The van der Waals surface area contributed by atoms with Crippen molar-refractivity contribution in [3.63, 3.8) is 0 Å². The molecule has 6 nitrogen and oxygen atoms in total. The number of carbonyl (C=O) groups excluding carboxylic acids is 2. The van der Waals surface area contributed by atoms with Gasteiger partial charge < -0.3 is 0 Å². The van der Waals surface area contributed by atoms with Crippen molar-refractivity contribution < 1.29 is 27.2 Å². The van der Waals surface area contributed by atoms with Gasteiger partial charge >= 0.3 is 18.1 Å². The number of hydrogen-bond donors (Lipinski definition) is 3. The van der Waals surface area contributed by atoms with Crippen LogP contribution in [0.25, 0.3) is 0 Å². The van der Waals surface area contributed by atoms with Crippen LogP contribution >= 0.6 is 0 Å². The lowest BCUT2D eigenvalue weighted by Crippen LogP contribution is -2.49. The monoisotopic (exact) mass is 266 g/mol. The standard InChI is InChI=1S/C8H6F4N4O2/c9-4-1-2-5(13-3-4)14-7(18)16-15-6(17)8(10,11)12/h1-3H,(H,15,17)(H2,13,14,16,18). The van der Waals surface area contributed by atoms with Gasteiger partial charge in [0.25, 0.3) is 0 Å². The molecule has 0 unspecified atom stereocenters. The SMILES string of the molecule is O=C(NNC(=O)C(F)(F)F)Nc1ccc(F)cn1. The van der Waals surface area contributed by atoms with Gasteiger partial charge in [0.1, 0.15) is 11.6 Å². The second-order valence-corrected chi connectivity index (χ2v) is 2.89. The fourth-order valence-electron chi connectivity index (χ4n) is 0.782. The van der Waals surface area contributed by atoms with Crippen molar-refractivity contribution in [3.05, 3.63) is 24.1 Å². The molecule has 0 bridgehead atoms. The Morgan fingerprint density at radius 2 is 1.83 bits per heavy atom. The van der Waals surface area contributed by atoms with E-state index in [1.54, 1.807) is 0 Å². The summed E-state index contributed by atoms with van der Waals surface area (Å²) in [5.41, 5.74) is 2.57. The summed E-state index contributed by atoms with van der Waals surface area (Å²) in [6, 6.07) is 0.906. The van der Waals surface area contributed by atoms with Crippen LogP contribution in [0, 0.1) is 5.82 Å². The summed E-state index contributed by atoms with van der Waals surface area (Å²) in [4.78, 5) is 24.7. The van der Waals surface area contributed by atoms with Crippen LogP contribution in [0.2, 0.25) is 0 Å². The summed E-state index contributed by atoms with van der Waals surface area (Å²) in [7, 11) is 0. The van der Waals surface area contributed by atoms with Gasteiger partial charge in [-0.2, -0.15) is 13.2 Å². The maximum Gasteiger partial charge on any atom is 0.472 e. The average molecular weight is 266 g/mol. The molecule has 0 aliphatic carbocycles. The highest BCUT2D eigenvalue weighted by Crippen LogP contribution is 2.13. The molecule has 0 fully saturated rings. The second kappa shape index (κ2) is 5.29. The van der Waals surface area contributed by atoms with E-state index in [0.29, 0.717) is 0 Å². The number of carbonyl (C=O) groups is 2. The molecule has 3 N–H and O–H groups in total. The topological polar surface area (TPSA) is 83.1 Å². The Balaban J connectivity index is 2.43. The van der Waals surface area contributed by atoms with Crippen LogP contribution in [0.1, 0.15) is 0 Å². The Labute approximate surface area is 97.4 Å². The molecule has 1 heterocycles. The van der Waals surface area contributed by atoms with E-state index in [1.807, 2.05) is 5.32 Å². The van der Waals surface area contributed by atoms with Crippen LogP contribution < -0.4 is 16.2 Å². The maximum atomic E-state index is 12.4. The zero-order valence-corrected chi connectivity index (χ0v) is 8.51. The highest BCUT2D eigenvalue weighted by Gasteiger charge is 2.38. The predicted molar refractivity (Wildman–Crippen MR) is 50.5 cm³/mol. The molecule has 18 heavy (non-hydrogen) atoms. The summed E-state index contributed by atoms with van der Waals surface area (Å²) < 4.78 is 47.6. The fraction of sp³-hybridized carbons (Fsp3) is 0.125. The molecule has 0 aliphatic rings. The third-order valence-electron chi connectivity index (χ3n) is 1.52.